The number of nitrogens with zero attached hydrogens (tertiary/aromatic N) is 3. The van der Waals surface area contributed by atoms with Crippen LogP contribution < -0.4 is 10.2 Å². The first-order valence-corrected chi connectivity index (χ1v) is 6.05. The maximum absolute atomic E-state index is 5.71. The lowest BCUT2D eigenvalue weighted by molar-refractivity contribution is -0.00548. The van der Waals surface area contributed by atoms with Gasteiger partial charge in [-0.1, -0.05) is 0 Å². The molecule has 94 valence electrons. The van der Waals surface area contributed by atoms with Gasteiger partial charge in [0.15, 0.2) is 0 Å². The molecule has 0 amide bonds. The minimum atomic E-state index is 0.244. The summed E-state index contributed by atoms with van der Waals surface area (Å²) in [6, 6.07) is 0. The van der Waals surface area contributed by atoms with Crippen LogP contribution in [0.4, 0.5) is 5.82 Å². The van der Waals surface area contributed by atoms with E-state index in [1.807, 2.05) is 13.2 Å². The van der Waals surface area contributed by atoms with Gasteiger partial charge in [-0.2, -0.15) is 0 Å². The van der Waals surface area contributed by atoms with Crippen LogP contribution >= 0.6 is 0 Å². The van der Waals surface area contributed by atoms with E-state index >= 15 is 0 Å². The van der Waals surface area contributed by atoms with Crippen LogP contribution in [0.15, 0.2) is 12.4 Å². The van der Waals surface area contributed by atoms with Gasteiger partial charge in [-0.05, 0) is 20.9 Å². The van der Waals surface area contributed by atoms with Crippen molar-refractivity contribution in [1.82, 2.24) is 15.3 Å². The van der Waals surface area contributed by atoms with Gasteiger partial charge in [0.05, 0.1) is 24.1 Å². The summed E-state index contributed by atoms with van der Waals surface area (Å²) in [7, 11) is 1.91. The second-order valence-corrected chi connectivity index (χ2v) is 4.56. The van der Waals surface area contributed by atoms with Crippen molar-refractivity contribution in [3.8, 4) is 0 Å². The fraction of sp³-hybridized carbons (Fsp3) is 0.667. The molecule has 1 aliphatic heterocycles. The van der Waals surface area contributed by atoms with Gasteiger partial charge in [0.2, 0.25) is 0 Å². The average Bonchev–Trinajstić information content (AvgIpc) is 2.28. The lowest BCUT2D eigenvalue weighted by atomic mass is 10.2. The normalized spacial score (nSPS) is 25.0. The van der Waals surface area contributed by atoms with Gasteiger partial charge in [0.25, 0.3) is 0 Å². The molecule has 17 heavy (non-hydrogen) atoms. The smallest absolute Gasteiger partial charge is 0.147 e. The van der Waals surface area contributed by atoms with Crippen LogP contribution in [0.1, 0.15) is 19.5 Å². The molecule has 5 nitrogen and oxygen atoms in total. The second kappa shape index (κ2) is 5.42. The van der Waals surface area contributed by atoms with Gasteiger partial charge in [-0.3, -0.25) is 4.98 Å². The summed E-state index contributed by atoms with van der Waals surface area (Å²) in [5.41, 5.74) is 0.969. The molecule has 0 bridgehead atoms. The van der Waals surface area contributed by atoms with Crippen LogP contribution in [-0.4, -0.2) is 42.3 Å². The Morgan fingerprint density at radius 1 is 1.35 bits per heavy atom. The molecule has 5 heteroatoms. The highest BCUT2D eigenvalue weighted by Gasteiger charge is 2.23. The molecule has 0 aliphatic carbocycles. The number of ether oxygens (including phenoxy) is 1. The van der Waals surface area contributed by atoms with Gasteiger partial charge in [-0.15, -0.1) is 0 Å². The monoisotopic (exact) mass is 236 g/mol. The molecule has 1 saturated heterocycles. The second-order valence-electron chi connectivity index (χ2n) is 4.56. The molecule has 1 aromatic heterocycles. The van der Waals surface area contributed by atoms with E-state index < -0.39 is 0 Å². The third-order valence-corrected chi connectivity index (χ3v) is 2.77. The Bertz CT molecular complexity index is 361. The molecular formula is C12H20N4O. The van der Waals surface area contributed by atoms with Gasteiger partial charge >= 0.3 is 0 Å². The van der Waals surface area contributed by atoms with Crippen LogP contribution in [0.5, 0.6) is 0 Å². The standard InChI is InChI=1S/C12H20N4O/c1-9-7-16(8-10(2)17-9)12-6-14-5-11(15-12)4-13-3/h5-6,9-10,13H,4,7-8H2,1-3H3. The first kappa shape index (κ1) is 12.3. The Kier molecular flexibility index (Phi) is 3.91. The van der Waals surface area contributed by atoms with Crippen molar-refractivity contribution in [1.29, 1.82) is 0 Å². The zero-order valence-corrected chi connectivity index (χ0v) is 10.7. The molecule has 1 fully saturated rings. The fourth-order valence-electron chi connectivity index (χ4n) is 2.18. The summed E-state index contributed by atoms with van der Waals surface area (Å²) in [6.45, 7) is 6.68. The SMILES string of the molecule is CNCc1cncc(N2CC(C)OC(C)C2)n1. The molecule has 2 atom stereocenters. The van der Waals surface area contributed by atoms with E-state index in [2.05, 4.69) is 34.0 Å². The Hall–Kier alpha value is -1.20. The van der Waals surface area contributed by atoms with Crippen molar-refractivity contribution in [3.63, 3.8) is 0 Å². The quantitative estimate of drug-likeness (QED) is 0.841. The molecule has 0 radical (unpaired) electrons. The summed E-state index contributed by atoms with van der Waals surface area (Å²) >= 11 is 0. The van der Waals surface area contributed by atoms with E-state index in [1.165, 1.54) is 0 Å². The predicted molar refractivity (Wildman–Crippen MR) is 67.0 cm³/mol. The number of morpholine rings is 1. The molecule has 2 heterocycles. The van der Waals surface area contributed by atoms with Crippen molar-refractivity contribution in [2.75, 3.05) is 25.0 Å². The molecule has 1 aromatic rings. The van der Waals surface area contributed by atoms with E-state index in [1.54, 1.807) is 6.20 Å². The number of nitrogens with one attached hydrogen (secondary N) is 1. The van der Waals surface area contributed by atoms with Crippen LogP contribution in [0.3, 0.4) is 0 Å². The van der Waals surface area contributed by atoms with Crippen LogP contribution in [-0.2, 0) is 11.3 Å². The van der Waals surface area contributed by atoms with Crippen LogP contribution in [0, 0.1) is 0 Å². The van der Waals surface area contributed by atoms with E-state index in [0.29, 0.717) is 0 Å². The zero-order valence-electron chi connectivity index (χ0n) is 10.7. The molecule has 2 rings (SSSR count). The molecule has 0 aromatic carbocycles. The van der Waals surface area contributed by atoms with Gasteiger partial charge in [0, 0.05) is 25.8 Å². The summed E-state index contributed by atoms with van der Waals surface area (Å²) in [5.74, 6) is 0.944. The number of rotatable bonds is 3. The zero-order chi connectivity index (χ0) is 12.3. The molecule has 1 N–H and O–H groups in total. The molecule has 0 saturated carbocycles. The van der Waals surface area contributed by atoms with Crippen LogP contribution in [0.2, 0.25) is 0 Å². The van der Waals surface area contributed by atoms with Crippen molar-refractivity contribution >= 4 is 5.82 Å². The summed E-state index contributed by atoms with van der Waals surface area (Å²) in [6.07, 6.45) is 4.11. The molecule has 1 aliphatic rings. The van der Waals surface area contributed by atoms with E-state index in [0.717, 1.165) is 31.1 Å². The maximum Gasteiger partial charge on any atom is 0.147 e. The van der Waals surface area contributed by atoms with Gasteiger partial charge in [0.1, 0.15) is 5.82 Å². The summed E-state index contributed by atoms with van der Waals surface area (Å²) in [4.78, 5) is 11.1. The number of hydrogen-bond donors (Lipinski definition) is 1. The fourth-order valence-corrected chi connectivity index (χ4v) is 2.18. The Balaban J connectivity index is 2.12. The predicted octanol–water partition coefficient (Wildman–Crippen LogP) is 0.810. The van der Waals surface area contributed by atoms with Crippen molar-refractivity contribution in [2.24, 2.45) is 0 Å². The van der Waals surface area contributed by atoms with E-state index in [4.69, 9.17) is 4.74 Å². The first-order valence-electron chi connectivity index (χ1n) is 6.05. The highest BCUT2D eigenvalue weighted by Crippen LogP contribution is 2.17. The third-order valence-electron chi connectivity index (χ3n) is 2.77. The highest BCUT2D eigenvalue weighted by atomic mass is 16.5. The maximum atomic E-state index is 5.71. The Morgan fingerprint density at radius 3 is 2.71 bits per heavy atom. The lowest BCUT2D eigenvalue weighted by Crippen LogP contribution is -2.46. The van der Waals surface area contributed by atoms with Gasteiger partial charge < -0.3 is 15.0 Å². The van der Waals surface area contributed by atoms with Crippen molar-refractivity contribution < 1.29 is 4.74 Å². The minimum Gasteiger partial charge on any atom is -0.372 e. The Labute approximate surface area is 102 Å². The van der Waals surface area contributed by atoms with Crippen LogP contribution in [0.25, 0.3) is 0 Å². The molecule has 2 unspecified atom stereocenters. The topological polar surface area (TPSA) is 50.3 Å². The van der Waals surface area contributed by atoms with Gasteiger partial charge in [-0.25, -0.2) is 4.98 Å². The van der Waals surface area contributed by atoms with Crippen molar-refractivity contribution in [3.05, 3.63) is 18.1 Å². The first-order chi connectivity index (χ1) is 8.19. The third kappa shape index (κ3) is 3.14. The molecular weight excluding hydrogens is 216 g/mol. The highest BCUT2D eigenvalue weighted by molar-refractivity contribution is 5.37. The molecule has 0 spiro atoms. The number of anilines is 1. The van der Waals surface area contributed by atoms with Crippen molar-refractivity contribution in [2.45, 2.75) is 32.6 Å². The number of aromatic nitrogens is 2. The number of hydrogen-bond acceptors (Lipinski definition) is 5. The van der Waals surface area contributed by atoms with E-state index in [-0.39, 0.29) is 12.2 Å². The lowest BCUT2D eigenvalue weighted by Gasteiger charge is -2.35. The largest absolute Gasteiger partial charge is 0.372 e. The van der Waals surface area contributed by atoms with E-state index in [9.17, 15) is 0 Å². The Morgan fingerprint density at radius 2 is 2.06 bits per heavy atom. The minimum absolute atomic E-state index is 0.244. The summed E-state index contributed by atoms with van der Waals surface area (Å²) < 4.78 is 5.71. The summed E-state index contributed by atoms with van der Waals surface area (Å²) in [5, 5.41) is 3.09. The average molecular weight is 236 g/mol.